The van der Waals surface area contributed by atoms with Crippen LogP contribution in [-0.2, 0) is 4.74 Å². The van der Waals surface area contributed by atoms with Gasteiger partial charge in [0.1, 0.15) is 0 Å². The molecule has 4 heteroatoms. The Kier molecular flexibility index (Phi) is 7.84. The second-order valence-corrected chi connectivity index (χ2v) is 5.51. The molecule has 0 aliphatic rings. The molecule has 0 saturated carbocycles. The highest BCUT2D eigenvalue weighted by Gasteiger charge is 2.13. The van der Waals surface area contributed by atoms with Crippen molar-refractivity contribution in [1.82, 2.24) is 10.6 Å². The summed E-state index contributed by atoms with van der Waals surface area (Å²) >= 11 is 0. The zero-order valence-corrected chi connectivity index (χ0v) is 14.5. The van der Waals surface area contributed by atoms with Crippen LogP contribution in [0, 0.1) is 0 Å². The summed E-state index contributed by atoms with van der Waals surface area (Å²) in [6, 6.07) is 21.1. The van der Waals surface area contributed by atoms with Crippen LogP contribution in [0.2, 0.25) is 0 Å². The molecule has 0 aliphatic carbocycles. The van der Waals surface area contributed by atoms with Crippen LogP contribution < -0.4 is 10.6 Å². The highest BCUT2D eigenvalue weighted by molar-refractivity contribution is 5.79. The number of hydrogen-bond donors (Lipinski definition) is 2. The lowest BCUT2D eigenvalue weighted by Gasteiger charge is -2.17. The Morgan fingerprint density at radius 3 is 2.04 bits per heavy atom. The van der Waals surface area contributed by atoms with E-state index in [0.717, 1.165) is 19.0 Å². The zero-order chi connectivity index (χ0) is 17.0. The summed E-state index contributed by atoms with van der Waals surface area (Å²) in [5.41, 5.74) is 2.56. The first-order chi connectivity index (χ1) is 11.8. The maximum absolute atomic E-state index is 5.09. The van der Waals surface area contributed by atoms with Gasteiger partial charge in [-0.15, -0.1) is 0 Å². The number of nitrogens with zero attached hydrogens (tertiary/aromatic N) is 1. The average molecular weight is 325 g/mol. The molecule has 4 nitrogen and oxygen atoms in total. The number of rotatable bonds is 8. The van der Waals surface area contributed by atoms with Crippen LogP contribution in [0.3, 0.4) is 0 Å². The molecule has 128 valence electrons. The average Bonchev–Trinajstić information content (AvgIpc) is 2.64. The van der Waals surface area contributed by atoms with E-state index >= 15 is 0 Å². The molecular formula is C20H27N3O. The van der Waals surface area contributed by atoms with Gasteiger partial charge in [0.2, 0.25) is 0 Å². The molecule has 0 fully saturated rings. The molecule has 0 radical (unpaired) electrons. The zero-order valence-electron chi connectivity index (χ0n) is 14.5. The third kappa shape index (κ3) is 5.70. The first kappa shape index (κ1) is 18.0. The standard InChI is InChI=1S/C20H27N3O/c1-3-21-20(22-14-15-24-2)23-16-19(17-10-6-4-7-11-17)18-12-8-5-9-13-18/h4-13,19H,3,14-16H2,1-2H3,(H2,21,22,23). The molecule has 0 aliphatic heterocycles. The van der Waals surface area contributed by atoms with E-state index in [1.807, 2.05) is 12.1 Å². The van der Waals surface area contributed by atoms with E-state index in [2.05, 4.69) is 66.1 Å². The lowest BCUT2D eigenvalue weighted by atomic mass is 9.91. The van der Waals surface area contributed by atoms with Crippen LogP contribution in [0.4, 0.5) is 0 Å². The maximum Gasteiger partial charge on any atom is 0.191 e. The lowest BCUT2D eigenvalue weighted by molar-refractivity contribution is 0.203. The Bertz CT molecular complexity index is 559. The van der Waals surface area contributed by atoms with Gasteiger partial charge in [-0.3, -0.25) is 4.99 Å². The van der Waals surface area contributed by atoms with Crippen LogP contribution in [0.15, 0.2) is 65.7 Å². The van der Waals surface area contributed by atoms with Crippen LogP contribution >= 0.6 is 0 Å². The van der Waals surface area contributed by atoms with Crippen molar-refractivity contribution >= 4 is 5.96 Å². The van der Waals surface area contributed by atoms with Crippen molar-refractivity contribution in [3.8, 4) is 0 Å². The molecule has 2 rings (SSSR count). The van der Waals surface area contributed by atoms with Crippen molar-refractivity contribution in [1.29, 1.82) is 0 Å². The van der Waals surface area contributed by atoms with Crippen molar-refractivity contribution in [3.63, 3.8) is 0 Å². The van der Waals surface area contributed by atoms with E-state index in [1.54, 1.807) is 7.11 Å². The Hall–Kier alpha value is -2.33. The molecule has 0 saturated heterocycles. The van der Waals surface area contributed by atoms with Gasteiger partial charge < -0.3 is 15.4 Å². The molecule has 24 heavy (non-hydrogen) atoms. The van der Waals surface area contributed by atoms with Gasteiger partial charge in [0.25, 0.3) is 0 Å². The molecule has 0 unspecified atom stereocenters. The van der Waals surface area contributed by atoms with Crippen molar-refractivity contribution in [2.75, 3.05) is 33.4 Å². The van der Waals surface area contributed by atoms with Gasteiger partial charge in [-0.1, -0.05) is 60.7 Å². The van der Waals surface area contributed by atoms with Gasteiger partial charge in [0, 0.05) is 26.1 Å². The monoisotopic (exact) mass is 325 g/mol. The van der Waals surface area contributed by atoms with Gasteiger partial charge in [0.05, 0.1) is 13.2 Å². The maximum atomic E-state index is 5.09. The van der Waals surface area contributed by atoms with Crippen molar-refractivity contribution in [2.24, 2.45) is 4.99 Å². The molecule has 2 aromatic carbocycles. The van der Waals surface area contributed by atoms with Gasteiger partial charge in [-0.05, 0) is 18.1 Å². The molecule has 0 atom stereocenters. The molecule has 0 spiro atoms. The summed E-state index contributed by atoms with van der Waals surface area (Å²) < 4.78 is 5.09. The smallest absolute Gasteiger partial charge is 0.191 e. The summed E-state index contributed by atoms with van der Waals surface area (Å²) in [6.07, 6.45) is 0. The SMILES string of the molecule is CCNC(=NCC(c1ccccc1)c1ccccc1)NCCOC. The molecular weight excluding hydrogens is 298 g/mol. The fraction of sp³-hybridized carbons (Fsp3) is 0.350. The van der Waals surface area contributed by atoms with Crippen LogP contribution in [0.5, 0.6) is 0 Å². The number of guanidine groups is 1. The number of hydrogen-bond acceptors (Lipinski definition) is 2. The number of aliphatic imine (C=N–C) groups is 1. The third-order valence-corrected chi connectivity index (χ3v) is 3.78. The number of ether oxygens (including phenoxy) is 1. The molecule has 0 amide bonds. The van der Waals surface area contributed by atoms with Gasteiger partial charge >= 0.3 is 0 Å². The van der Waals surface area contributed by atoms with E-state index in [1.165, 1.54) is 11.1 Å². The minimum atomic E-state index is 0.241. The van der Waals surface area contributed by atoms with Gasteiger partial charge in [-0.2, -0.15) is 0 Å². The highest BCUT2D eigenvalue weighted by Crippen LogP contribution is 2.24. The third-order valence-electron chi connectivity index (χ3n) is 3.78. The number of nitrogens with one attached hydrogen (secondary N) is 2. The Morgan fingerprint density at radius 2 is 1.54 bits per heavy atom. The molecule has 2 N–H and O–H groups in total. The molecule has 0 aromatic heterocycles. The Morgan fingerprint density at radius 1 is 0.958 bits per heavy atom. The number of methoxy groups -OCH3 is 1. The highest BCUT2D eigenvalue weighted by atomic mass is 16.5. The molecule has 0 heterocycles. The lowest BCUT2D eigenvalue weighted by Crippen LogP contribution is -2.39. The van der Waals surface area contributed by atoms with E-state index in [0.29, 0.717) is 13.2 Å². The minimum Gasteiger partial charge on any atom is -0.383 e. The van der Waals surface area contributed by atoms with E-state index in [-0.39, 0.29) is 5.92 Å². The molecule has 0 bridgehead atoms. The fourth-order valence-electron chi connectivity index (χ4n) is 2.57. The normalized spacial score (nSPS) is 11.5. The topological polar surface area (TPSA) is 45.7 Å². The Labute approximate surface area is 145 Å². The van der Waals surface area contributed by atoms with Crippen molar-refractivity contribution < 1.29 is 4.74 Å². The summed E-state index contributed by atoms with van der Waals surface area (Å²) in [5.74, 6) is 1.07. The van der Waals surface area contributed by atoms with Crippen LogP contribution in [-0.4, -0.2) is 39.3 Å². The first-order valence-corrected chi connectivity index (χ1v) is 8.46. The summed E-state index contributed by atoms with van der Waals surface area (Å²) in [4.78, 5) is 4.78. The first-order valence-electron chi connectivity index (χ1n) is 8.46. The Balaban J connectivity index is 2.16. The molecule has 2 aromatic rings. The summed E-state index contributed by atoms with van der Waals surface area (Å²) in [5, 5.41) is 6.58. The van der Waals surface area contributed by atoms with Gasteiger partial charge in [-0.25, -0.2) is 0 Å². The van der Waals surface area contributed by atoms with Crippen LogP contribution in [0.1, 0.15) is 24.0 Å². The predicted octanol–water partition coefficient (Wildman–Crippen LogP) is 3.02. The van der Waals surface area contributed by atoms with Crippen molar-refractivity contribution in [3.05, 3.63) is 71.8 Å². The van der Waals surface area contributed by atoms with Crippen LogP contribution in [0.25, 0.3) is 0 Å². The van der Waals surface area contributed by atoms with E-state index < -0.39 is 0 Å². The predicted molar refractivity (Wildman–Crippen MR) is 101 cm³/mol. The number of benzene rings is 2. The summed E-state index contributed by atoms with van der Waals surface area (Å²) in [7, 11) is 1.70. The van der Waals surface area contributed by atoms with Gasteiger partial charge in [0.15, 0.2) is 5.96 Å². The quantitative estimate of drug-likeness (QED) is 0.445. The van der Waals surface area contributed by atoms with E-state index in [4.69, 9.17) is 9.73 Å². The largest absolute Gasteiger partial charge is 0.383 e. The van der Waals surface area contributed by atoms with E-state index in [9.17, 15) is 0 Å². The minimum absolute atomic E-state index is 0.241. The second kappa shape index (κ2) is 10.4. The second-order valence-electron chi connectivity index (χ2n) is 5.51. The van der Waals surface area contributed by atoms with Crippen molar-refractivity contribution in [2.45, 2.75) is 12.8 Å². The fourth-order valence-corrected chi connectivity index (χ4v) is 2.57. The summed E-state index contributed by atoms with van der Waals surface area (Å²) in [6.45, 7) is 4.99.